The van der Waals surface area contributed by atoms with Crippen LogP contribution in [-0.2, 0) is 10.0 Å². The number of sulfonamides is 1. The fourth-order valence-corrected chi connectivity index (χ4v) is 2.58. The van der Waals surface area contributed by atoms with Crippen LogP contribution < -0.4 is 10.5 Å². The van der Waals surface area contributed by atoms with Crippen LogP contribution in [-0.4, -0.2) is 21.1 Å². The average Bonchev–Trinajstić information content (AvgIpc) is 2.20. The van der Waals surface area contributed by atoms with E-state index < -0.39 is 39.9 Å². The lowest BCUT2D eigenvalue weighted by molar-refractivity contribution is -0.132. The molecule has 0 saturated heterocycles. The molecule has 1 aromatic carbocycles. The Labute approximate surface area is 107 Å². The van der Waals surface area contributed by atoms with Crippen molar-refractivity contribution in [3.63, 3.8) is 0 Å². The van der Waals surface area contributed by atoms with Crippen molar-refractivity contribution in [1.29, 1.82) is 0 Å². The van der Waals surface area contributed by atoms with E-state index in [4.69, 9.17) is 5.73 Å². The highest BCUT2D eigenvalue weighted by Crippen LogP contribution is 2.22. The molecule has 0 aliphatic heterocycles. The van der Waals surface area contributed by atoms with E-state index in [9.17, 15) is 26.0 Å². The van der Waals surface area contributed by atoms with Crippen LogP contribution in [0.3, 0.4) is 0 Å². The van der Waals surface area contributed by atoms with E-state index in [0.29, 0.717) is 0 Å². The molecule has 0 aromatic heterocycles. The van der Waals surface area contributed by atoms with E-state index in [1.165, 1.54) is 13.0 Å². The number of hydrogen-bond acceptors (Lipinski definition) is 3. The van der Waals surface area contributed by atoms with Crippen LogP contribution in [0.2, 0.25) is 0 Å². The quantitative estimate of drug-likeness (QED) is 0.659. The molecule has 9 heteroatoms. The lowest BCUT2D eigenvalue weighted by atomic mass is 10.2. The molecule has 19 heavy (non-hydrogen) atoms. The second-order valence-electron chi connectivity index (χ2n) is 3.91. The number of halogens is 4. The Kier molecular flexibility index (Phi) is 4.41. The van der Waals surface area contributed by atoms with Gasteiger partial charge in [-0.05, 0) is 24.6 Å². The van der Waals surface area contributed by atoms with Gasteiger partial charge in [-0.2, -0.15) is 13.2 Å². The van der Waals surface area contributed by atoms with Crippen LogP contribution in [0.1, 0.15) is 12.0 Å². The van der Waals surface area contributed by atoms with Crippen molar-refractivity contribution in [1.82, 2.24) is 4.72 Å². The zero-order chi connectivity index (χ0) is 14.8. The molecule has 4 nitrogen and oxygen atoms in total. The van der Waals surface area contributed by atoms with Crippen LogP contribution in [0.5, 0.6) is 0 Å². The van der Waals surface area contributed by atoms with Gasteiger partial charge >= 0.3 is 6.18 Å². The number of benzene rings is 1. The first-order chi connectivity index (χ1) is 8.53. The monoisotopic (exact) mass is 300 g/mol. The smallest absolute Gasteiger partial charge is 0.390 e. The number of nitrogens with two attached hydrogens (primary N) is 1. The Bertz CT molecular complexity index is 570. The predicted molar refractivity (Wildman–Crippen MR) is 61.4 cm³/mol. The fraction of sp³-hybridized carbons (Fsp3) is 0.400. The van der Waals surface area contributed by atoms with E-state index in [0.717, 1.165) is 6.07 Å². The number of anilines is 1. The summed E-state index contributed by atoms with van der Waals surface area (Å²) in [7, 11) is -4.36. The minimum Gasteiger partial charge on any atom is -0.399 e. The predicted octanol–water partition coefficient (Wildman–Crippen LogP) is 1.95. The van der Waals surface area contributed by atoms with Crippen LogP contribution in [0, 0.1) is 12.7 Å². The molecule has 0 aliphatic rings. The molecule has 0 heterocycles. The van der Waals surface area contributed by atoms with E-state index >= 15 is 0 Å². The largest absolute Gasteiger partial charge is 0.399 e. The molecular weight excluding hydrogens is 288 g/mol. The second-order valence-corrected chi connectivity index (χ2v) is 5.65. The molecule has 1 rings (SSSR count). The Balaban J connectivity index is 2.95. The van der Waals surface area contributed by atoms with E-state index in [2.05, 4.69) is 0 Å². The molecule has 0 spiro atoms. The van der Waals surface area contributed by atoms with Crippen LogP contribution in [0.4, 0.5) is 23.2 Å². The van der Waals surface area contributed by atoms with Gasteiger partial charge in [-0.15, -0.1) is 0 Å². The Hall–Kier alpha value is -1.35. The molecule has 3 N–H and O–H groups in total. The third-order valence-corrected chi connectivity index (χ3v) is 3.69. The summed E-state index contributed by atoms with van der Waals surface area (Å²) < 4.78 is 74.4. The molecule has 0 bridgehead atoms. The molecule has 0 unspecified atom stereocenters. The van der Waals surface area contributed by atoms with Gasteiger partial charge in [0.2, 0.25) is 10.0 Å². The van der Waals surface area contributed by atoms with Gasteiger partial charge in [0.15, 0.2) is 0 Å². The van der Waals surface area contributed by atoms with Crippen LogP contribution in [0.25, 0.3) is 0 Å². The molecule has 0 radical (unpaired) electrons. The highest BCUT2D eigenvalue weighted by Gasteiger charge is 2.28. The first-order valence-corrected chi connectivity index (χ1v) is 6.63. The summed E-state index contributed by atoms with van der Waals surface area (Å²) in [6.07, 6.45) is -5.83. The topological polar surface area (TPSA) is 72.2 Å². The lowest BCUT2D eigenvalue weighted by Crippen LogP contribution is -2.29. The first kappa shape index (κ1) is 15.7. The third-order valence-electron chi connectivity index (χ3n) is 2.23. The van der Waals surface area contributed by atoms with E-state index in [1.807, 2.05) is 0 Å². The molecule has 0 saturated carbocycles. The van der Waals surface area contributed by atoms with Crippen molar-refractivity contribution in [2.75, 3.05) is 12.3 Å². The summed E-state index contributed by atoms with van der Waals surface area (Å²) in [5, 5.41) is 0. The van der Waals surface area contributed by atoms with Gasteiger partial charge in [-0.1, -0.05) is 0 Å². The zero-order valence-corrected chi connectivity index (χ0v) is 10.7. The van der Waals surface area contributed by atoms with Crippen molar-refractivity contribution in [2.45, 2.75) is 24.4 Å². The summed E-state index contributed by atoms with van der Waals surface area (Å²) in [6, 6.07) is 2.09. The maximum Gasteiger partial charge on any atom is 0.390 e. The molecule has 0 amide bonds. The van der Waals surface area contributed by atoms with Gasteiger partial charge in [-0.25, -0.2) is 17.5 Å². The number of alkyl halides is 3. The van der Waals surface area contributed by atoms with Gasteiger partial charge in [0.05, 0.1) is 6.42 Å². The van der Waals surface area contributed by atoms with Crippen molar-refractivity contribution >= 4 is 15.7 Å². The summed E-state index contributed by atoms with van der Waals surface area (Å²) >= 11 is 0. The van der Waals surface area contributed by atoms with Crippen molar-refractivity contribution in [3.8, 4) is 0 Å². The van der Waals surface area contributed by atoms with Gasteiger partial charge in [-0.3, -0.25) is 0 Å². The third kappa shape index (κ3) is 4.35. The van der Waals surface area contributed by atoms with Gasteiger partial charge < -0.3 is 5.73 Å². The molecule has 1 aromatic rings. The SMILES string of the molecule is Cc1cc(N)cc(S(=O)(=O)NCCC(F)(F)F)c1F. The molecule has 108 valence electrons. The summed E-state index contributed by atoms with van der Waals surface area (Å²) in [5.41, 5.74) is 5.39. The van der Waals surface area contributed by atoms with Crippen LogP contribution >= 0.6 is 0 Å². The molecule has 0 fully saturated rings. The highest BCUT2D eigenvalue weighted by atomic mass is 32.2. The number of nitrogen functional groups attached to an aromatic ring is 1. The van der Waals surface area contributed by atoms with Gasteiger partial charge in [0.25, 0.3) is 0 Å². The van der Waals surface area contributed by atoms with Crippen molar-refractivity contribution in [3.05, 3.63) is 23.5 Å². The fourth-order valence-electron chi connectivity index (χ4n) is 1.36. The maximum atomic E-state index is 13.6. The normalized spacial score (nSPS) is 12.7. The first-order valence-electron chi connectivity index (χ1n) is 5.15. The summed E-state index contributed by atoms with van der Waals surface area (Å²) in [4.78, 5) is -0.757. The maximum absolute atomic E-state index is 13.6. The Morgan fingerprint density at radius 2 is 1.89 bits per heavy atom. The van der Waals surface area contributed by atoms with Crippen molar-refractivity contribution < 1.29 is 26.0 Å². The lowest BCUT2D eigenvalue weighted by Gasteiger charge is -2.11. The Morgan fingerprint density at radius 1 is 1.32 bits per heavy atom. The number of hydrogen-bond donors (Lipinski definition) is 2. The van der Waals surface area contributed by atoms with E-state index in [-0.39, 0.29) is 11.3 Å². The summed E-state index contributed by atoms with van der Waals surface area (Å²) in [6.45, 7) is 0.444. The number of rotatable bonds is 4. The standard InChI is InChI=1S/C10H12F4N2O2S/c1-6-4-7(15)5-8(9(6)11)19(17,18)16-3-2-10(12,13)14/h4-5,16H,2-3,15H2,1H3. The molecule has 0 aliphatic carbocycles. The number of nitrogens with one attached hydrogen (secondary N) is 1. The summed E-state index contributed by atoms with van der Waals surface area (Å²) in [5.74, 6) is -1.03. The highest BCUT2D eigenvalue weighted by molar-refractivity contribution is 7.89. The van der Waals surface area contributed by atoms with E-state index in [1.54, 1.807) is 4.72 Å². The molecule has 0 atom stereocenters. The Morgan fingerprint density at radius 3 is 2.42 bits per heavy atom. The average molecular weight is 300 g/mol. The second kappa shape index (κ2) is 5.33. The van der Waals surface area contributed by atoms with Gasteiger partial charge in [0, 0.05) is 12.2 Å². The van der Waals surface area contributed by atoms with Crippen molar-refractivity contribution in [2.24, 2.45) is 0 Å². The van der Waals surface area contributed by atoms with Gasteiger partial charge in [0.1, 0.15) is 10.7 Å². The van der Waals surface area contributed by atoms with Crippen LogP contribution in [0.15, 0.2) is 17.0 Å². The minimum atomic E-state index is -4.49. The minimum absolute atomic E-state index is 0.00352. The zero-order valence-electron chi connectivity index (χ0n) is 9.88. The number of aryl methyl sites for hydroxylation is 1. The molecular formula is C10H12F4N2O2S.